The molecule has 1 aromatic heterocycles. The lowest BCUT2D eigenvalue weighted by Crippen LogP contribution is -2.33. The van der Waals surface area contributed by atoms with Gasteiger partial charge in [-0.1, -0.05) is 0 Å². The van der Waals surface area contributed by atoms with E-state index in [-0.39, 0.29) is 11.4 Å². The van der Waals surface area contributed by atoms with Crippen LogP contribution in [0.15, 0.2) is 23.4 Å². The van der Waals surface area contributed by atoms with E-state index in [1.807, 2.05) is 0 Å². The van der Waals surface area contributed by atoms with Gasteiger partial charge >= 0.3 is 0 Å². The molecular formula is C12H17FN2O3S. The van der Waals surface area contributed by atoms with Crippen LogP contribution >= 0.6 is 0 Å². The second-order valence-electron chi connectivity index (χ2n) is 5.09. The molecule has 19 heavy (non-hydrogen) atoms. The molecule has 2 heterocycles. The molecule has 0 saturated carbocycles. The molecule has 1 unspecified atom stereocenters. The average molecular weight is 288 g/mol. The van der Waals surface area contributed by atoms with Gasteiger partial charge in [-0.05, 0) is 32.3 Å². The Morgan fingerprint density at radius 1 is 1.37 bits per heavy atom. The minimum atomic E-state index is -3.74. The first kappa shape index (κ1) is 14.4. The minimum Gasteiger partial charge on any atom is -0.390 e. The Morgan fingerprint density at radius 2 is 2.11 bits per heavy atom. The number of aliphatic hydroxyl groups is 1. The molecule has 1 aliphatic rings. The Labute approximate surface area is 112 Å². The molecular weight excluding hydrogens is 271 g/mol. The van der Waals surface area contributed by atoms with Crippen molar-refractivity contribution in [1.82, 2.24) is 9.29 Å². The van der Waals surface area contributed by atoms with Crippen LogP contribution in [0.5, 0.6) is 0 Å². The predicted molar refractivity (Wildman–Crippen MR) is 67.4 cm³/mol. The lowest BCUT2D eigenvalue weighted by atomic mass is 9.98. The number of pyridine rings is 1. The normalized spacial score (nSPS) is 26.1. The topological polar surface area (TPSA) is 70.5 Å². The summed E-state index contributed by atoms with van der Waals surface area (Å²) < 4.78 is 39.0. The van der Waals surface area contributed by atoms with Gasteiger partial charge in [-0.15, -0.1) is 0 Å². The zero-order valence-corrected chi connectivity index (χ0v) is 11.5. The van der Waals surface area contributed by atoms with Crippen LogP contribution in [0.25, 0.3) is 0 Å². The van der Waals surface area contributed by atoms with Crippen molar-refractivity contribution >= 4 is 10.0 Å². The monoisotopic (exact) mass is 288 g/mol. The Kier molecular flexibility index (Phi) is 3.89. The average Bonchev–Trinajstić information content (AvgIpc) is 2.50. The van der Waals surface area contributed by atoms with Gasteiger partial charge in [0.2, 0.25) is 10.0 Å². The minimum absolute atomic E-state index is 0.144. The van der Waals surface area contributed by atoms with Crippen LogP contribution in [0.2, 0.25) is 0 Å². The standard InChI is InChI=1S/C12H17FN2O3S/c1-12(16)3-2-5-15(6-4-12)19(17,18)11-7-10(13)8-14-9-11/h7-9,16H,2-6H2,1H3. The van der Waals surface area contributed by atoms with E-state index in [2.05, 4.69) is 4.98 Å². The SMILES string of the molecule is CC1(O)CCCN(S(=O)(=O)c2cncc(F)c2)CC1. The number of rotatable bonds is 2. The number of hydrogen-bond donors (Lipinski definition) is 1. The molecule has 0 amide bonds. The van der Waals surface area contributed by atoms with Gasteiger partial charge in [-0.2, -0.15) is 4.31 Å². The number of halogens is 1. The predicted octanol–water partition coefficient (Wildman–Crippen LogP) is 1.15. The number of hydrogen-bond acceptors (Lipinski definition) is 4. The fourth-order valence-corrected chi connectivity index (χ4v) is 3.62. The van der Waals surface area contributed by atoms with E-state index in [4.69, 9.17) is 0 Å². The van der Waals surface area contributed by atoms with E-state index in [9.17, 15) is 17.9 Å². The van der Waals surface area contributed by atoms with Crippen molar-refractivity contribution in [3.63, 3.8) is 0 Å². The summed E-state index contributed by atoms with van der Waals surface area (Å²) in [6.45, 7) is 2.26. The van der Waals surface area contributed by atoms with Gasteiger partial charge in [0.25, 0.3) is 0 Å². The van der Waals surface area contributed by atoms with Gasteiger partial charge in [0.05, 0.1) is 11.8 Å². The van der Waals surface area contributed by atoms with Crippen LogP contribution < -0.4 is 0 Å². The maximum atomic E-state index is 13.1. The molecule has 2 rings (SSSR count). The second-order valence-corrected chi connectivity index (χ2v) is 7.03. The number of nitrogens with zero attached hydrogens (tertiary/aromatic N) is 2. The van der Waals surface area contributed by atoms with Gasteiger partial charge in [-0.3, -0.25) is 4.98 Å². The van der Waals surface area contributed by atoms with E-state index < -0.39 is 21.4 Å². The summed E-state index contributed by atoms with van der Waals surface area (Å²) in [6.07, 6.45) is 3.61. The highest BCUT2D eigenvalue weighted by Gasteiger charge is 2.31. The third kappa shape index (κ3) is 3.29. The lowest BCUT2D eigenvalue weighted by molar-refractivity contribution is 0.0465. The van der Waals surface area contributed by atoms with Crippen molar-refractivity contribution < 1.29 is 17.9 Å². The van der Waals surface area contributed by atoms with E-state index in [1.165, 1.54) is 4.31 Å². The summed E-state index contributed by atoms with van der Waals surface area (Å²) >= 11 is 0. The summed E-state index contributed by atoms with van der Waals surface area (Å²) in [5, 5.41) is 9.96. The molecule has 0 bridgehead atoms. The van der Waals surface area contributed by atoms with Gasteiger partial charge < -0.3 is 5.11 Å². The van der Waals surface area contributed by atoms with E-state index in [0.29, 0.717) is 25.8 Å². The molecule has 7 heteroatoms. The summed E-state index contributed by atoms with van der Waals surface area (Å²) in [5.41, 5.74) is -0.843. The van der Waals surface area contributed by atoms with Crippen molar-refractivity contribution in [1.29, 1.82) is 0 Å². The maximum absolute atomic E-state index is 13.1. The molecule has 1 fully saturated rings. The van der Waals surface area contributed by atoms with Crippen LogP contribution in [0.1, 0.15) is 26.2 Å². The van der Waals surface area contributed by atoms with Crippen LogP contribution in [0.3, 0.4) is 0 Å². The van der Waals surface area contributed by atoms with Crippen LogP contribution in [0.4, 0.5) is 4.39 Å². The van der Waals surface area contributed by atoms with Gasteiger partial charge in [0.15, 0.2) is 0 Å². The van der Waals surface area contributed by atoms with E-state index in [0.717, 1.165) is 18.5 Å². The molecule has 0 aromatic carbocycles. The molecule has 5 nitrogen and oxygen atoms in total. The van der Waals surface area contributed by atoms with Crippen LogP contribution in [-0.2, 0) is 10.0 Å². The lowest BCUT2D eigenvalue weighted by Gasteiger charge is -2.22. The van der Waals surface area contributed by atoms with Crippen molar-refractivity contribution in [2.75, 3.05) is 13.1 Å². The largest absolute Gasteiger partial charge is 0.390 e. The molecule has 1 saturated heterocycles. The highest BCUT2D eigenvalue weighted by Crippen LogP contribution is 2.25. The Hall–Kier alpha value is -1.05. The van der Waals surface area contributed by atoms with Crippen molar-refractivity contribution in [3.8, 4) is 0 Å². The molecule has 0 radical (unpaired) electrons. The Morgan fingerprint density at radius 3 is 2.79 bits per heavy atom. The molecule has 106 valence electrons. The first-order chi connectivity index (χ1) is 8.81. The summed E-state index contributed by atoms with van der Waals surface area (Å²) in [4.78, 5) is 3.42. The van der Waals surface area contributed by atoms with E-state index >= 15 is 0 Å². The summed E-state index contributed by atoms with van der Waals surface area (Å²) in [6, 6.07) is 0.964. The number of aromatic nitrogens is 1. The third-order valence-corrected chi connectivity index (χ3v) is 5.20. The van der Waals surface area contributed by atoms with Gasteiger partial charge in [-0.25, -0.2) is 12.8 Å². The van der Waals surface area contributed by atoms with Crippen molar-refractivity contribution in [3.05, 3.63) is 24.3 Å². The second kappa shape index (κ2) is 5.15. The molecule has 1 atom stereocenters. The van der Waals surface area contributed by atoms with Crippen molar-refractivity contribution in [2.24, 2.45) is 0 Å². The van der Waals surface area contributed by atoms with E-state index in [1.54, 1.807) is 6.92 Å². The summed E-state index contributed by atoms with van der Waals surface area (Å²) in [7, 11) is -3.74. The fourth-order valence-electron chi connectivity index (χ4n) is 2.16. The molecule has 0 aliphatic carbocycles. The molecule has 1 aliphatic heterocycles. The molecule has 0 spiro atoms. The first-order valence-electron chi connectivity index (χ1n) is 6.14. The third-order valence-electron chi connectivity index (χ3n) is 3.34. The van der Waals surface area contributed by atoms with Gasteiger partial charge in [0, 0.05) is 19.3 Å². The zero-order chi connectivity index (χ0) is 14.1. The molecule has 1 N–H and O–H groups in total. The smallest absolute Gasteiger partial charge is 0.244 e. The van der Waals surface area contributed by atoms with Crippen LogP contribution in [-0.4, -0.2) is 41.5 Å². The molecule has 1 aromatic rings. The number of sulfonamides is 1. The van der Waals surface area contributed by atoms with Crippen LogP contribution in [0, 0.1) is 5.82 Å². The fraction of sp³-hybridized carbons (Fsp3) is 0.583. The van der Waals surface area contributed by atoms with Gasteiger partial charge in [0.1, 0.15) is 10.7 Å². The zero-order valence-electron chi connectivity index (χ0n) is 10.7. The first-order valence-corrected chi connectivity index (χ1v) is 7.58. The highest BCUT2D eigenvalue weighted by atomic mass is 32.2. The summed E-state index contributed by atoms with van der Waals surface area (Å²) in [5.74, 6) is -0.678. The maximum Gasteiger partial charge on any atom is 0.244 e. The quantitative estimate of drug-likeness (QED) is 0.886. The Bertz CT molecular complexity index is 560. The highest BCUT2D eigenvalue weighted by molar-refractivity contribution is 7.89. The Balaban J connectivity index is 2.25. The van der Waals surface area contributed by atoms with Crippen molar-refractivity contribution in [2.45, 2.75) is 36.7 Å².